The number of unbranched alkanes of at least 4 members (excludes halogenated alkanes) is 16. The van der Waals surface area contributed by atoms with Crippen molar-refractivity contribution in [1.29, 1.82) is 0 Å². The molecule has 1 saturated heterocycles. The van der Waals surface area contributed by atoms with Gasteiger partial charge >= 0.3 is 5.97 Å². The molecule has 0 bridgehead atoms. The molecule has 72 heavy (non-hydrogen) atoms. The highest BCUT2D eigenvalue weighted by atomic mass is 16.7. The maximum absolute atomic E-state index is 14.6. The maximum Gasteiger partial charge on any atom is 0.308 e. The fraction of sp³-hybridized carbons (Fsp3) is 0.581. The van der Waals surface area contributed by atoms with Crippen molar-refractivity contribution in [2.24, 2.45) is 0 Å². The average molecular weight is 992 g/mol. The topological polar surface area (TPSA) is 122 Å². The number of carbonyl (C=O) groups excluding carboxylic acids is 2. The van der Waals surface area contributed by atoms with Gasteiger partial charge in [0.25, 0.3) is 0 Å². The van der Waals surface area contributed by atoms with Crippen LogP contribution >= 0.6 is 0 Å². The van der Waals surface area contributed by atoms with Gasteiger partial charge in [-0.05, 0) is 35.1 Å². The molecule has 10 nitrogen and oxygen atoms in total. The molecule has 5 rings (SSSR count). The van der Waals surface area contributed by atoms with Crippen molar-refractivity contribution < 1.29 is 43.1 Å². The van der Waals surface area contributed by atoms with E-state index >= 15 is 0 Å². The predicted octanol–water partition coefficient (Wildman–Crippen LogP) is 13.7. The van der Waals surface area contributed by atoms with E-state index in [1.165, 1.54) is 77.0 Å². The number of ether oxygens (including phenoxy) is 6. The minimum atomic E-state index is -1.10. The first-order chi connectivity index (χ1) is 35.4. The quantitative estimate of drug-likeness (QED) is 0.0332. The number of nitrogens with one attached hydrogen (secondary N) is 1. The molecule has 3 unspecified atom stereocenters. The normalized spacial score (nSPS) is 18.6. The molecular formula is C62H89NO9. The number of rotatable bonds is 39. The third kappa shape index (κ3) is 23.6. The number of carbonyl (C=O) groups is 2. The summed E-state index contributed by atoms with van der Waals surface area (Å²) in [5.74, 6) is -0.776. The van der Waals surface area contributed by atoms with Crippen molar-refractivity contribution in [2.75, 3.05) is 6.61 Å². The molecule has 1 aliphatic heterocycles. The third-order valence-electron chi connectivity index (χ3n) is 13.7. The Bertz CT molecular complexity index is 1950. The van der Waals surface area contributed by atoms with Crippen LogP contribution in [0.25, 0.3) is 0 Å². The summed E-state index contributed by atoms with van der Waals surface area (Å²) in [6.45, 7) is 5.11. The summed E-state index contributed by atoms with van der Waals surface area (Å²) in [5, 5.41) is 14.2. The van der Waals surface area contributed by atoms with Crippen LogP contribution in [-0.4, -0.2) is 66.4 Å². The molecule has 4 aromatic carbocycles. The van der Waals surface area contributed by atoms with E-state index < -0.39 is 49.3 Å². The molecule has 4 aromatic rings. The first kappa shape index (κ1) is 58.5. The zero-order valence-corrected chi connectivity index (χ0v) is 43.9. The van der Waals surface area contributed by atoms with Gasteiger partial charge in [0.05, 0.1) is 58.1 Å². The van der Waals surface area contributed by atoms with Gasteiger partial charge in [0.2, 0.25) is 5.91 Å². The monoisotopic (exact) mass is 992 g/mol. The molecule has 0 spiro atoms. The molecular weight excluding hydrogens is 903 g/mol. The van der Waals surface area contributed by atoms with Gasteiger partial charge in [0.1, 0.15) is 18.2 Å². The van der Waals surface area contributed by atoms with Crippen LogP contribution < -0.4 is 5.32 Å². The molecule has 0 aliphatic carbocycles. The highest BCUT2D eigenvalue weighted by Crippen LogP contribution is 2.30. The fourth-order valence-corrected chi connectivity index (χ4v) is 9.47. The fourth-order valence-electron chi connectivity index (χ4n) is 9.47. The second-order valence-corrected chi connectivity index (χ2v) is 19.8. The van der Waals surface area contributed by atoms with Crippen LogP contribution in [0.2, 0.25) is 0 Å². The first-order valence-electron chi connectivity index (χ1n) is 27.8. The molecule has 10 heteroatoms. The average Bonchev–Trinajstić information content (AvgIpc) is 3.41. The number of benzene rings is 4. The van der Waals surface area contributed by atoms with Gasteiger partial charge in [-0.3, -0.25) is 9.59 Å². The van der Waals surface area contributed by atoms with E-state index in [9.17, 15) is 14.7 Å². The number of aliphatic hydroxyl groups excluding tert-OH is 1. The number of amides is 1. The van der Waals surface area contributed by atoms with Crippen LogP contribution in [0, 0.1) is 0 Å². The van der Waals surface area contributed by atoms with E-state index in [1.807, 2.05) is 121 Å². The van der Waals surface area contributed by atoms with Gasteiger partial charge in [-0.15, -0.1) is 0 Å². The van der Waals surface area contributed by atoms with Crippen LogP contribution in [0.3, 0.4) is 0 Å². The molecule has 0 radical (unpaired) electrons. The highest BCUT2D eigenvalue weighted by molar-refractivity contribution is 5.77. The smallest absolute Gasteiger partial charge is 0.308 e. The lowest BCUT2D eigenvalue weighted by atomic mass is 9.95. The minimum Gasteiger partial charge on any atom is -0.457 e. The molecule has 396 valence electrons. The molecule has 2 N–H and O–H groups in total. The Kier molecular flexibility index (Phi) is 29.6. The summed E-state index contributed by atoms with van der Waals surface area (Å²) in [7, 11) is 0. The van der Waals surface area contributed by atoms with Crippen LogP contribution in [0.4, 0.5) is 0 Å². The van der Waals surface area contributed by atoms with Gasteiger partial charge in [0.15, 0.2) is 12.4 Å². The summed E-state index contributed by atoms with van der Waals surface area (Å²) < 4.78 is 39.3. The largest absolute Gasteiger partial charge is 0.457 e. The van der Waals surface area contributed by atoms with Crippen molar-refractivity contribution in [3.05, 3.63) is 144 Å². The summed E-state index contributed by atoms with van der Waals surface area (Å²) in [6, 6.07) is 38.4. The van der Waals surface area contributed by atoms with E-state index in [4.69, 9.17) is 28.4 Å². The van der Waals surface area contributed by atoms with Gasteiger partial charge < -0.3 is 38.8 Å². The lowest BCUT2D eigenvalue weighted by Gasteiger charge is -2.45. The van der Waals surface area contributed by atoms with Crippen LogP contribution in [-0.2, 0) is 64.4 Å². The second kappa shape index (κ2) is 36.5. The Morgan fingerprint density at radius 3 is 1.32 bits per heavy atom. The van der Waals surface area contributed by atoms with Crippen LogP contribution in [0.5, 0.6) is 0 Å². The van der Waals surface area contributed by atoms with Crippen molar-refractivity contribution in [3.63, 3.8) is 0 Å². The molecule has 1 aliphatic rings. The third-order valence-corrected chi connectivity index (χ3v) is 13.7. The van der Waals surface area contributed by atoms with Crippen LogP contribution in [0.1, 0.15) is 177 Å². The van der Waals surface area contributed by atoms with Gasteiger partial charge in [-0.1, -0.05) is 251 Å². The van der Waals surface area contributed by atoms with E-state index in [0.717, 1.165) is 67.2 Å². The molecule has 1 amide bonds. The Morgan fingerprint density at radius 2 is 0.889 bits per heavy atom. The molecule has 1 heterocycles. The van der Waals surface area contributed by atoms with Gasteiger partial charge in [-0.2, -0.15) is 0 Å². The van der Waals surface area contributed by atoms with E-state index in [0.29, 0.717) is 19.6 Å². The van der Waals surface area contributed by atoms with Crippen LogP contribution in [0.15, 0.2) is 121 Å². The second-order valence-electron chi connectivity index (χ2n) is 19.8. The number of aliphatic hydroxyl groups is 1. The lowest BCUT2D eigenvalue weighted by molar-refractivity contribution is -0.286. The zero-order valence-electron chi connectivity index (χ0n) is 43.9. The number of hydrogen-bond donors (Lipinski definition) is 2. The SMILES string of the molecule is CCCCCCCCCCC[C@H](CC(=O)NC1C(OC(=O)C[C@@H](CCCCCCCCCCC)OCc2ccccc2)[C@H](OCc2ccccc2)C(CO)O[C@@H]1OCc1ccccc1)OCc1ccccc1. The molecule has 7 atom stereocenters. The first-order valence-corrected chi connectivity index (χ1v) is 27.8. The van der Waals surface area contributed by atoms with E-state index in [1.54, 1.807) is 0 Å². The van der Waals surface area contributed by atoms with Gasteiger partial charge in [0, 0.05) is 0 Å². The predicted molar refractivity (Wildman–Crippen MR) is 287 cm³/mol. The lowest BCUT2D eigenvalue weighted by Crippen LogP contribution is -2.66. The van der Waals surface area contributed by atoms with E-state index in [2.05, 4.69) is 19.2 Å². The van der Waals surface area contributed by atoms with Crippen molar-refractivity contribution in [2.45, 2.75) is 224 Å². The standard InChI is InChI=1S/C62H89NO9/c1-3-5-7-9-11-13-15-17-31-41-54(67-46-50-33-23-19-24-34-50)43-57(65)63-59-61(60(69-48-52-37-27-21-28-38-52)56(45-64)71-62(59)70-49-53-39-29-22-30-40-53)72-58(66)44-55(68-47-51-35-25-20-26-36-51)42-32-18-16-14-12-10-8-6-4-2/h19-30,33-40,54-56,59-62,64H,3-18,31-32,41-49H2,1-2H3,(H,63,65)/t54-,55-,56?,59?,60-,61?,62+/m1/s1. The van der Waals surface area contributed by atoms with Crippen molar-refractivity contribution in [1.82, 2.24) is 5.32 Å². The maximum atomic E-state index is 14.6. The minimum absolute atomic E-state index is 0.000745. The summed E-state index contributed by atoms with van der Waals surface area (Å²) >= 11 is 0. The van der Waals surface area contributed by atoms with E-state index in [-0.39, 0.29) is 38.1 Å². The summed E-state index contributed by atoms with van der Waals surface area (Å²) in [4.78, 5) is 29.1. The molecule has 0 saturated carbocycles. The Labute approximate surface area is 433 Å². The Morgan fingerprint density at radius 1 is 0.500 bits per heavy atom. The molecule has 1 fully saturated rings. The van der Waals surface area contributed by atoms with Gasteiger partial charge in [-0.25, -0.2) is 0 Å². The van der Waals surface area contributed by atoms with Crippen molar-refractivity contribution >= 4 is 11.9 Å². The number of esters is 1. The Balaban J connectivity index is 1.36. The highest BCUT2D eigenvalue weighted by Gasteiger charge is 2.50. The Hall–Kier alpha value is -4.42. The zero-order chi connectivity index (χ0) is 50.7. The van der Waals surface area contributed by atoms with Crippen molar-refractivity contribution in [3.8, 4) is 0 Å². The molecule has 0 aromatic heterocycles. The number of hydrogen-bond acceptors (Lipinski definition) is 9. The summed E-state index contributed by atoms with van der Waals surface area (Å²) in [5.41, 5.74) is 3.85. The summed E-state index contributed by atoms with van der Waals surface area (Å²) in [6.07, 6.45) is 18.1.